The molecule has 8 aromatic rings. The summed E-state index contributed by atoms with van der Waals surface area (Å²) in [5.74, 6) is 0.681. The van der Waals surface area contributed by atoms with Gasteiger partial charge in [-0.05, 0) is 90.4 Å². The Hall–Kier alpha value is -5.22. The lowest BCUT2D eigenvalue weighted by atomic mass is 9.87. The lowest BCUT2D eigenvalue weighted by molar-refractivity contribution is 0.666. The molecule has 198 valence electrons. The Labute approximate surface area is 241 Å². The highest BCUT2D eigenvalue weighted by Gasteiger charge is 2.25. The van der Waals surface area contributed by atoms with Crippen molar-refractivity contribution in [1.29, 1.82) is 0 Å². The second-order valence-corrected chi connectivity index (χ2v) is 11.7. The molecule has 2 aliphatic rings. The van der Waals surface area contributed by atoms with Crippen molar-refractivity contribution in [2.75, 3.05) is 0 Å². The minimum atomic E-state index is 0.681. The second kappa shape index (κ2) is 8.17. The molecule has 0 saturated heterocycles. The van der Waals surface area contributed by atoms with Crippen LogP contribution < -0.4 is 0 Å². The van der Waals surface area contributed by atoms with E-state index in [1.165, 1.54) is 38.4 Å². The number of aryl methyl sites for hydroxylation is 4. The van der Waals surface area contributed by atoms with Gasteiger partial charge in [0.2, 0.25) is 5.95 Å². The molecule has 0 N–H and O–H groups in total. The average Bonchev–Trinajstić information content (AvgIpc) is 3.54. The standard InChI is InChI=1S/C38H25N3O/c1-3-7-22(8-4-1)31-21-32(23-9-5-2-6-10-23)40-38(39-31)41-33-19-26-13-11-24(26)17-29(33)28-15-16-34-36(37(28)41)30-18-25-12-14-27(25)20-35(30)42-34/h1-10,15-21H,11-14H2. The maximum Gasteiger partial charge on any atom is 0.235 e. The van der Waals surface area contributed by atoms with E-state index in [1.54, 1.807) is 0 Å². The fourth-order valence-electron chi connectivity index (χ4n) is 7.00. The number of rotatable bonds is 3. The Bertz CT molecular complexity index is 2340. The Kier molecular flexibility index (Phi) is 4.37. The molecule has 3 aromatic heterocycles. The molecule has 0 unspecified atom stereocenters. The lowest BCUT2D eigenvalue weighted by Crippen LogP contribution is -2.09. The maximum atomic E-state index is 6.51. The summed E-state index contributed by atoms with van der Waals surface area (Å²) in [7, 11) is 0. The van der Waals surface area contributed by atoms with Crippen molar-refractivity contribution in [2.24, 2.45) is 0 Å². The van der Waals surface area contributed by atoms with Crippen LogP contribution in [0.3, 0.4) is 0 Å². The van der Waals surface area contributed by atoms with Crippen LogP contribution >= 0.6 is 0 Å². The first-order chi connectivity index (χ1) is 20.8. The molecule has 0 radical (unpaired) electrons. The van der Waals surface area contributed by atoms with Crippen molar-refractivity contribution >= 4 is 43.7 Å². The smallest absolute Gasteiger partial charge is 0.235 e. The van der Waals surface area contributed by atoms with E-state index in [4.69, 9.17) is 14.4 Å². The lowest BCUT2D eigenvalue weighted by Gasteiger charge is -2.19. The second-order valence-electron chi connectivity index (χ2n) is 11.7. The zero-order chi connectivity index (χ0) is 27.4. The van der Waals surface area contributed by atoms with Crippen LogP contribution in [-0.2, 0) is 25.7 Å². The molecule has 0 spiro atoms. The van der Waals surface area contributed by atoms with Crippen molar-refractivity contribution in [1.82, 2.24) is 14.5 Å². The number of furan rings is 1. The molecule has 2 aliphatic carbocycles. The molecule has 5 aromatic carbocycles. The maximum absolute atomic E-state index is 6.51. The van der Waals surface area contributed by atoms with Gasteiger partial charge in [-0.3, -0.25) is 4.57 Å². The average molecular weight is 540 g/mol. The number of hydrogen-bond donors (Lipinski definition) is 0. The van der Waals surface area contributed by atoms with E-state index in [0.29, 0.717) is 5.95 Å². The van der Waals surface area contributed by atoms with Crippen molar-refractivity contribution in [3.8, 4) is 28.5 Å². The van der Waals surface area contributed by atoms with Gasteiger partial charge in [0.25, 0.3) is 0 Å². The molecule has 0 saturated carbocycles. The summed E-state index contributed by atoms with van der Waals surface area (Å²) >= 11 is 0. The van der Waals surface area contributed by atoms with Gasteiger partial charge in [-0.15, -0.1) is 0 Å². The Balaban J connectivity index is 1.37. The number of nitrogens with zero attached hydrogens (tertiary/aromatic N) is 3. The summed E-state index contributed by atoms with van der Waals surface area (Å²) in [4.78, 5) is 10.6. The number of fused-ring (bicyclic) bond motifs is 9. The van der Waals surface area contributed by atoms with Crippen LogP contribution in [0.15, 0.2) is 108 Å². The molecule has 10 rings (SSSR count). The Morgan fingerprint density at radius 3 is 1.76 bits per heavy atom. The normalized spacial score (nSPS) is 13.8. The van der Waals surface area contributed by atoms with E-state index in [0.717, 1.165) is 75.8 Å². The minimum absolute atomic E-state index is 0.681. The van der Waals surface area contributed by atoms with Crippen LogP contribution in [0.5, 0.6) is 0 Å². The van der Waals surface area contributed by atoms with Gasteiger partial charge in [-0.2, -0.15) is 0 Å². The van der Waals surface area contributed by atoms with Crippen LogP contribution in [0.2, 0.25) is 0 Å². The highest BCUT2D eigenvalue weighted by molar-refractivity contribution is 6.24. The van der Waals surface area contributed by atoms with E-state index in [9.17, 15) is 0 Å². The van der Waals surface area contributed by atoms with Crippen molar-refractivity contribution < 1.29 is 4.42 Å². The largest absolute Gasteiger partial charge is 0.456 e. The molecular formula is C38H25N3O. The highest BCUT2D eigenvalue weighted by Crippen LogP contribution is 2.44. The van der Waals surface area contributed by atoms with E-state index < -0.39 is 0 Å². The quantitative estimate of drug-likeness (QED) is 0.225. The first-order valence-corrected chi connectivity index (χ1v) is 14.8. The van der Waals surface area contributed by atoms with Gasteiger partial charge in [-0.25, -0.2) is 9.97 Å². The topological polar surface area (TPSA) is 43.9 Å². The molecule has 0 fully saturated rings. The van der Waals surface area contributed by atoms with E-state index in [-0.39, 0.29) is 0 Å². The first-order valence-electron chi connectivity index (χ1n) is 14.8. The third kappa shape index (κ3) is 3.07. The zero-order valence-electron chi connectivity index (χ0n) is 22.9. The van der Waals surface area contributed by atoms with Crippen molar-refractivity contribution in [2.45, 2.75) is 25.7 Å². The molecule has 42 heavy (non-hydrogen) atoms. The van der Waals surface area contributed by atoms with Gasteiger partial charge in [0.05, 0.1) is 27.8 Å². The van der Waals surface area contributed by atoms with E-state index >= 15 is 0 Å². The molecule has 0 amide bonds. The molecule has 0 aliphatic heterocycles. The summed E-state index contributed by atoms with van der Waals surface area (Å²) in [5, 5.41) is 4.79. The van der Waals surface area contributed by atoms with Gasteiger partial charge >= 0.3 is 0 Å². The third-order valence-electron chi connectivity index (χ3n) is 9.38. The fourth-order valence-corrected chi connectivity index (χ4v) is 7.00. The van der Waals surface area contributed by atoms with Crippen LogP contribution in [0.1, 0.15) is 22.3 Å². The van der Waals surface area contributed by atoms with E-state index in [1.807, 2.05) is 12.1 Å². The monoisotopic (exact) mass is 539 g/mol. The molecule has 3 heterocycles. The molecule has 0 atom stereocenters. The predicted molar refractivity (Wildman–Crippen MR) is 169 cm³/mol. The van der Waals surface area contributed by atoms with Crippen LogP contribution in [0.25, 0.3) is 72.2 Å². The van der Waals surface area contributed by atoms with Gasteiger partial charge in [0, 0.05) is 27.3 Å². The van der Waals surface area contributed by atoms with Gasteiger partial charge in [0.15, 0.2) is 0 Å². The van der Waals surface area contributed by atoms with Crippen molar-refractivity contribution in [3.63, 3.8) is 0 Å². The van der Waals surface area contributed by atoms with Crippen LogP contribution in [-0.4, -0.2) is 14.5 Å². The third-order valence-corrected chi connectivity index (χ3v) is 9.38. The number of aromatic nitrogens is 3. The number of benzene rings is 5. The van der Waals surface area contributed by atoms with Gasteiger partial charge < -0.3 is 4.42 Å². The van der Waals surface area contributed by atoms with Crippen LogP contribution in [0.4, 0.5) is 0 Å². The van der Waals surface area contributed by atoms with Gasteiger partial charge in [-0.1, -0.05) is 60.7 Å². The number of hydrogen-bond acceptors (Lipinski definition) is 3. The zero-order valence-corrected chi connectivity index (χ0v) is 22.9. The van der Waals surface area contributed by atoms with Gasteiger partial charge in [0.1, 0.15) is 11.2 Å². The van der Waals surface area contributed by atoms with Crippen molar-refractivity contribution in [3.05, 3.63) is 125 Å². The SMILES string of the molecule is c1ccc(-c2cc(-c3ccccc3)nc(-n3c4cc5c(cc4c4ccc6oc7cc8c(cc7c6c43)CC8)CC5)n2)cc1. The first kappa shape index (κ1) is 22.5. The molecule has 4 heteroatoms. The van der Waals surface area contributed by atoms with E-state index in [2.05, 4.69) is 95.6 Å². The molecule has 4 nitrogen and oxygen atoms in total. The summed E-state index contributed by atoms with van der Waals surface area (Å²) < 4.78 is 8.81. The minimum Gasteiger partial charge on any atom is -0.456 e. The fraction of sp³-hybridized carbons (Fsp3) is 0.105. The Morgan fingerprint density at radius 1 is 0.524 bits per heavy atom. The molecule has 0 bridgehead atoms. The summed E-state index contributed by atoms with van der Waals surface area (Å²) in [5.41, 5.74) is 13.8. The predicted octanol–water partition coefficient (Wildman–Crippen LogP) is 9.00. The molecular weight excluding hydrogens is 514 g/mol. The summed E-state index contributed by atoms with van der Waals surface area (Å²) in [6.45, 7) is 0. The summed E-state index contributed by atoms with van der Waals surface area (Å²) in [6.07, 6.45) is 4.51. The summed E-state index contributed by atoms with van der Waals surface area (Å²) in [6, 6.07) is 36.7. The highest BCUT2D eigenvalue weighted by atomic mass is 16.3. The van der Waals surface area contributed by atoms with Crippen LogP contribution in [0, 0.1) is 0 Å². The Morgan fingerprint density at radius 2 is 1.12 bits per heavy atom.